The first-order chi connectivity index (χ1) is 17.1. The number of anilines is 1. The summed E-state index contributed by atoms with van der Waals surface area (Å²) in [7, 11) is 0. The number of benzene rings is 4. The number of para-hydroxylation sites is 2. The van der Waals surface area contributed by atoms with Crippen LogP contribution in [0.15, 0.2) is 102 Å². The number of carbonyl (C=O) groups excluding carboxylic acids is 1. The van der Waals surface area contributed by atoms with Gasteiger partial charge in [0, 0.05) is 34.4 Å². The monoisotopic (exact) mass is 482 g/mol. The highest BCUT2D eigenvalue weighted by molar-refractivity contribution is 6.30. The van der Waals surface area contributed by atoms with Crippen molar-refractivity contribution in [3.8, 4) is 11.5 Å². The van der Waals surface area contributed by atoms with E-state index in [9.17, 15) is 9.59 Å². The van der Waals surface area contributed by atoms with Crippen molar-refractivity contribution >= 4 is 45.0 Å². The maximum atomic E-state index is 12.9. The molecule has 0 fully saturated rings. The summed E-state index contributed by atoms with van der Waals surface area (Å²) < 4.78 is 7.92. The van der Waals surface area contributed by atoms with Crippen LogP contribution < -0.4 is 15.5 Å². The van der Waals surface area contributed by atoms with Crippen LogP contribution >= 0.6 is 11.6 Å². The Morgan fingerprint density at radius 1 is 0.771 bits per heavy atom. The fraction of sp³-hybridized carbons (Fsp3) is 0.103. The van der Waals surface area contributed by atoms with Gasteiger partial charge in [0.2, 0.25) is 5.91 Å². The first kappa shape index (κ1) is 22.7. The molecule has 35 heavy (non-hydrogen) atoms. The highest BCUT2D eigenvalue weighted by Gasteiger charge is 2.11. The zero-order valence-electron chi connectivity index (χ0n) is 18.9. The SMILES string of the molecule is O=C(CCCn1c2ccccc2c(=O)c2ccccc21)Nc1ccc(Oc2ccc(Cl)cc2)cc1. The molecule has 0 aliphatic heterocycles. The van der Waals surface area contributed by atoms with Crippen molar-refractivity contribution in [1.29, 1.82) is 0 Å². The van der Waals surface area contributed by atoms with E-state index in [1.807, 2.05) is 72.8 Å². The Labute approximate surface area is 207 Å². The van der Waals surface area contributed by atoms with Crippen LogP contribution in [0.1, 0.15) is 12.8 Å². The predicted molar refractivity (Wildman–Crippen MR) is 142 cm³/mol. The third-order valence-corrected chi connectivity index (χ3v) is 6.10. The Kier molecular flexibility index (Phi) is 6.51. The second kappa shape index (κ2) is 10.0. The van der Waals surface area contributed by atoms with E-state index in [0.29, 0.717) is 52.4 Å². The number of carbonyl (C=O) groups is 1. The zero-order chi connectivity index (χ0) is 24.2. The van der Waals surface area contributed by atoms with Crippen molar-refractivity contribution in [2.75, 3.05) is 5.32 Å². The zero-order valence-corrected chi connectivity index (χ0v) is 19.7. The van der Waals surface area contributed by atoms with Gasteiger partial charge in [0.05, 0.1) is 11.0 Å². The van der Waals surface area contributed by atoms with Crippen LogP contribution in [0.5, 0.6) is 11.5 Å². The largest absolute Gasteiger partial charge is 0.457 e. The molecule has 0 saturated carbocycles. The normalized spacial score (nSPS) is 11.0. The molecule has 0 aliphatic rings. The van der Waals surface area contributed by atoms with Crippen molar-refractivity contribution < 1.29 is 9.53 Å². The molecule has 0 atom stereocenters. The molecule has 1 N–H and O–H groups in total. The van der Waals surface area contributed by atoms with Gasteiger partial charge in [-0.1, -0.05) is 35.9 Å². The quantitative estimate of drug-likeness (QED) is 0.253. The van der Waals surface area contributed by atoms with E-state index in [0.717, 1.165) is 11.0 Å². The minimum absolute atomic E-state index is 0.0358. The topological polar surface area (TPSA) is 60.3 Å². The fourth-order valence-corrected chi connectivity index (χ4v) is 4.31. The summed E-state index contributed by atoms with van der Waals surface area (Å²) in [5.41, 5.74) is 2.51. The lowest BCUT2D eigenvalue weighted by molar-refractivity contribution is -0.116. The standard InChI is InChI=1S/C29H23ClN2O3/c30-20-11-15-22(16-12-20)35-23-17-13-21(14-18-23)31-28(33)10-5-19-32-26-8-3-1-6-24(26)29(34)25-7-2-4-9-27(25)32/h1-4,6-9,11-18H,5,10,19H2,(H,31,33). The van der Waals surface area contributed by atoms with Gasteiger partial charge < -0.3 is 14.6 Å². The molecule has 0 saturated heterocycles. The summed E-state index contributed by atoms with van der Waals surface area (Å²) in [4.78, 5) is 25.5. The van der Waals surface area contributed by atoms with Gasteiger partial charge >= 0.3 is 0 Å². The molecule has 0 aliphatic carbocycles. The van der Waals surface area contributed by atoms with E-state index in [2.05, 4.69) is 9.88 Å². The maximum absolute atomic E-state index is 12.9. The minimum Gasteiger partial charge on any atom is -0.457 e. The van der Waals surface area contributed by atoms with E-state index in [1.54, 1.807) is 24.3 Å². The van der Waals surface area contributed by atoms with Crippen LogP contribution in [0.3, 0.4) is 0 Å². The van der Waals surface area contributed by atoms with Crippen LogP contribution in [0.2, 0.25) is 5.02 Å². The number of halogens is 1. The second-order valence-electron chi connectivity index (χ2n) is 8.25. The first-order valence-corrected chi connectivity index (χ1v) is 11.8. The van der Waals surface area contributed by atoms with E-state index >= 15 is 0 Å². The lowest BCUT2D eigenvalue weighted by atomic mass is 10.1. The van der Waals surface area contributed by atoms with Crippen molar-refractivity contribution in [2.45, 2.75) is 19.4 Å². The molecule has 5 rings (SSSR count). The molecule has 1 aromatic heterocycles. The number of aryl methyl sites for hydroxylation is 1. The van der Waals surface area contributed by atoms with E-state index < -0.39 is 0 Å². The van der Waals surface area contributed by atoms with Gasteiger partial charge in [0.1, 0.15) is 11.5 Å². The number of rotatable bonds is 7. The Balaban J connectivity index is 1.23. The molecular weight excluding hydrogens is 460 g/mol. The van der Waals surface area contributed by atoms with Gasteiger partial charge in [0.25, 0.3) is 0 Å². The second-order valence-corrected chi connectivity index (χ2v) is 8.68. The predicted octanol–water partition coefficient (Wildman–Crippen LogP) is 7.02. The Morgan fingerprint density at radius 2 is 1.31 bits per heavy atom. The van der Waals surface area contributed by atoms with Crippen LogP contribution in [-0.4, -0.2) is 10.5 Å². The summed E-state index contributed by atoms with van der Waals surface area (Å²) in [6.45, 7) is 0.628. The number of hydrogen-bond donors (Lipinski definition) is 1. The van der Waals surface area contributed by atoms with Crippen molar-refractivity contribution in [2.24, 2.45) is 0 Å². The molecule has 0 spiro atoms. The highest BCUT2D eigenvalue weighted by atomic mass is 35.5. The molecule has 4 aromatic carbocycles. The molecule has 0 bridgehead atoms. The smallest absolute Gasteiger partial charge is 0.224 e. The first-order valence-electron chi connectivity index (χ1n) is 11.4. The lowest BCUT2D eigenvalue weighted by Gasteiger charge is -2.15. The Bertz CT molecular complexity index is 1500. The third-order valence-electron chi connectivity index (χ3n) is 5.85. The Hall–Kier alpha value is -4.09. The van der Waals surface area contributed by atoms with Gasteiger partial charge in [-0.05, 0) is 79.2 Å². The number of amides is 1. The number of pyridine rings is 1. The molecule has 174 valence electrons. The third kappa shape index (κ3) is 5.05. The van der Waals surface area contributed by atoms with Crippen LogP contribution in [0, 0.1) is 0 Å². The van der Waals surface area contributed by atoms with Crippen molar-refractivity contribution in [3.05, 3.63) is 112 Å². The number of ether oxygens (including phenoxy) is 1. The maximum Gasteiger partial charge on any atom is 0.224 e. The van der Waals surface area contributed by atoms with Gasteiger partial charge in [-0.3, -0.25) is 9.59 Å². The molecule has 6 heteroatoms. The van der Waals surface area contributed by atoms with Crippen molar-refractivity contribution in [1.82, 2.24) is 4.57 Å². The summed E-state index contributed by atoms with van der Waals surface area (Å²) in [5.74, 6) is 1.29. The van der Waals surface area contributed by atoms with Gasteiger partial charge in [-0.2, -0.15) is 0 Å². The van der Waals surface area contributed by atoms with E-state index in [4.69, 9.17) is 16.3 Å². The molecule has 5 aromatic rings. The molecule has 1 amide bonds. The summed E-state index contributed by atoms with van der Waals surface area (Å²) in [6, 6.07) is 29.6. The van der Waals surface area contributed by atoms with Gasteiger partial charge in [0.15, 0.2) is 5.43 Å². The average molecular weight is 483 g/mol. The van der Waals surface area contributed by atoms with Gasteiger partial charge in [-0.15, -0.1) is 0 Å². The number of hydrogen-bond acceptors (Lipinski definition) is 3. The summed E-state index contributed by atoms with van der Waals surface area (Å²) in [5, 5.41) is 4.97. The number of aromatic nitrogens is 1. The number of nitrogens with zero attached hydrogens (tertiary/aromatic N) is 1. The van der Waals surface area contributed by atoms with E-state index in [-0.39, 0.29) is 11.3 Å². The van der Waals surface area contributed by atoms with E-state index in [1.165, 1.54) is 0 Å². The van der Waals surface area contributed by atoms with Crippen LogP contribution in [0.25, 0.3) is 21.8 Å². The summed E-state index contributed by atoms with van der Waals surface area (Å²) >= 11 is 5.90. The van der Waals surface area contributed by atoms with Gasteiger partial charge in [-0.25, -0.2) is 0 Å². The average Bonchev–Trinajstić information content (AvgIpc) is 2.88. The fourth-order valence-electron chi connectivity index (χ4n) is 4.18. The molecule has 0 radical (unpaired) electrons. The Morgan fingerprint density at radius 3 is 1.91 bits per heavy atom. The highest BCUT2D eigenvalue weighted by Crippen LogP contribution is 2.25. The lowest BCUT2D eigenvalue weighted by Crippen LogP contribution is -2.14. The van der Waals surface area contributed by atoms with Crippen LogP contribution in [-0.2, 0) is 11.3 Å². The van der Waals surface area contributed by atoms with Crippen LogP contribution in [0.4, 0.5) is 5.69 Å². The van der Waals surface area contributed by atoms with Crippen molar-refractivity contribution in [3.63, 3.8) is 0 Å². The summed E-state index contributed by atoms with van der Waals surface area (Å²) in [6.07, 6.45) is 0.998. The number of nitrogens with one attached hydrogen (secondary N) is 1. The minimum atomic E-state index is -0.0639. The molecule has 0 unspecified atom stereocenters. The molecular formula is C29H23ClN2O3. The number of fused-ring (bicyclic) bond motifs is 2. The molecule has 5 nitrogen and oxygen atoms in total. The molecule has 1 heterocycles.